The third-order valence-corrected chi connectivity index (χ3v) is 7.27. The molecule has 0 aromatic heterocycles. The fourth-order valence-corrected chi connectivity index (χ4v) is 5.25. The molecule has 182 valence electrons. The average molecular weight is 482 g/mol. The van der Waals surface area contributed by atoms with E-state index in [1.54, 1.807) is 24.3 Å². The van der Waals surface area contributed by atoms with E-state index < -0.39 is 5.97 Å². The number of anilines is 1. The first-order valence-corrected chi connectivity index (χ1v) is 12.2. The second kappa shape index (κ2) is 9.90. The molecule has 1 saturated carbocycles. The molecule has 2 fully saturated rings. The molecule has 1 saturated heterocycles. The number of esters is 1. The van der Waals surface area contributed by atoms with Gasteiger partial charge in [-0.25, -0.2) is 4.79 Å². The number of hydrogen-bond donors (Lipinski definition) is 0. The van der Waals surface area contributed by atoms with Gasteiger partial charge in [-0.15, -0.1) is 0 Å². The van der Waals surface area contributed by atoms with Crippen LogP contribution in [0.15, 0.2) is 78.9 Å². The van der Waals surface area contributed by atoms with Gasteiger partial charge in [-0.2, -0.15) is 0 Å². The highest BCUT2D eigenvalue weighted by molar-refractivity contribution is 6.22. The lowest BCUT2D eigenvalue weighted by Crippen LogP contribution is -2.30. The molecule has 2 aliphatic rings. The van der Waals surface area contributed by atoms with Gasteiger partial charge in [0.15, 0.2) is 12.4 Å². The summed E-state index contributed by atoms with van der Waals surface area (Å²) in [6.45, 7) is 1.56. The maximum Gasteiger partial charge on any atom is 0.338 e. The Bertz CT molecular complexity index is 1300. The molecule has 0 bridgehead atoms. The maximum atomic E-state index is 13.3. The fourth-order valence-electron chi connectivity index (χ4n) is 5.25. The minimum Gasteiger partial charge on any atom is -0.454 e. The summed E-state index contributed by atoms with van der Waals surface area (Å²) in [6, 6.07) is 23.4. The lowest BCUT2D eigenvalue weighted by Gasteiger charge is -2.28. The van der Waals surface area contributed by atoms with Crippen LogP contribution in [0, 0.1) is 18.8 Å². The van der Waals surface area contributed by atoms with Crippen LogP contribution in [0.5, 0.6) is 0 Å². The van der Waals surface area contributed by atoms with Gasteiger partial charge in [0, 0.05) is 5.56 Å². The number of aryl methyl sites for hydroxylation is 1. The minimum atomic E-state index is -0.638. The molecular formula is C30H27NO5. The topological polar surface area (TPSA) is 80.8 Å². The third-order valence-electron chi connectivity index (χ3n) is 7.27. The van der Waals surface area contributed by atoms with Gasteiger partial charge in [-0.05, 0) is 61.9 Å². The lowest BCUT2D eigenvalue weighted by molar-refractivity contribution is -0.122. The Balaban J connectivity index is 1.23. The van der Waals surface area contributed by atoms with Crippen molar-refractivity contribution in [3.8, 4) is 0 Å². The van der Waals surface area contributed by atoms with Crippen molar-refractivity contribution in [2.75, 3.05) is 11.5 Å². The highest BCUT2D eigenvalue weighted by atomic mass is 16.5. The molecule has 3 atom stereocenters. The van der Waals surface area contributed by atoms with E-state index in [-0.39, 0.29) is 47.5 Å². The van der Waals surface area contributed by atoms with Crippen molar-refractivity contribution in [2.24, 2.45) is 11.8 Å². The number of Topliss-reactive ketones (excluding diaryl/α,β-unsaturated/α-hetero) is 1. The van der Waals surface area contributed by atoms with Gasteiger partial charge in [0.2, 0.25) is 11.8 Å². The van der Waals surface area contributed by atoms with Gasteiger partial charge in [-0.1, -0.05) is 60.2 Å². The number of amides is 2. The van der Waals surface area contributed by atoms with Gasteiger partial charge < -0.3 is 4.74 Å². The Kier molecular flexibility index (Phi) is 6.51. The van der Waals surface area contributed by atoms with Gasteiger partial charge in [-0.3, -0.25) is 19.3 Å². The normalized spacial score (nSPS) is 21.2. The zero-order valence-electron chi connectivity index (χ0n) is 20.1. The van der Waals surface area contributed by atoms with Crippen molar-refractivity contribution in [2.45, 2.75) is 32.1 Å². The Hall–Kier alpha value is -4.06. The zero-order valence-corrected chi connectivity index (χ0v) is 20.1. The molecule has 6 heteroatoms. The summed E-state index contributed by atoms with van der Waals surface area (Å²) >= 11 is 0. The van der Waals surface area contributed by atoms with Crippen LogP contribution < -0.4 is 4.90 Å². The van der Waals surface area contributed by atoms with Crippen LogP contribution in [-0.2, 0) is 14.3 Å². The molecule has 2 amide bonds. The average Bonchev–Trinajstić information content (AvgIpc) is 3.17. The number of carbonyl (C=O) groups is 4. The highest BCUT2D eigenvalue weighted by Crippen LogP contribution is 2.45. The Morgan fingerprint density at radius 2 is 1.44 bits per heavy atom. The van der Waals surface area contributed by atoms with Crippen molar-refractivity contribution >= 4 is 29.3 Å². The predicted molar refractivity (Wildman–Crippen MR) is 135 cm³/mol. The number of benzene rings is 3. The Morgan fingerprint density at radius 3 is 2.14 bits per heavy atom. The smallest absolute Gasteiger partial charge is 0.338 e. The van der Waals surface area contributed by atoms with E-state index in [0.29, 0.717) is 24.1 Å². The van der Waals surface area contributed by atoms with Crippen molar-refractivity contribution in [3.05, 3.63) is 101 Å². The minimum absolute atomic E-state index is 0.171. The summed E-state index contributed by atoms with van der Waals surface area (Å²) in [5.41, 5.74) is 3.41. The van der Waals surface area contributed by atoms with Crippen molar-refractivity contribution in [1.82, 2.24) is 0 Å². The Labute approximate surface area is 209 Å². The third kappa shape index (κ3) is 4.59. The second-order valence-corrected chi connectivity index (χ2v) is 9.56. The number of hydrogen-bond acceptors (Lipinski definition) is 5. The molecule has 36 heavy (non-hydrogen) atoms. The number of ether oxygens (including phenoxy) is 1. The summed E-state index contributed by atoms with van der Waals surface area (Å²) in [5.74, 6) is -1.63. The molecule has 1 heterocycles. The van der Waals surface area contributed by atoms with E-state index in [1.165, 1.54) is 22.6 Å². The van der Waals surface area contributed by atoms with E-state index in [4.69, 9.17) is 4.74 Å². The summed E-state index contributed by atoms with van der Waals surface area (Å²) in [5, 5.41) is 0. The first-order chi connectivity index (χ1) is 17.4. The monoisotopic (exact) mass is 481 g/mol. The fraction of sp³-hybridized carbons (Fsp3) is 0.267. The number of carbonyl (C=O) groups excluding carboxylic acids is 4. The second-order valence-electron chi connectivity index (χ2n) is 9.56. The van der Waals surface area contributed by atoms with Crippen LogP contribution in [-0.4, -0.2) is 30.2 Å². The highest BCUT2D eigenvalue weighted by Gasteiger charge is 2.50. The largest absolute Gasteiger partial charge is 0.454 e. The molecule has 6 nitrogen and oxygen atoms in total. The predicted octanol–water partition coefficient (Wildman–Crippen LogP) is 5.11. The molecule has 3 aromatic carbocycles. The molecule has 0 N–H and O–H groups in total. The van der Waals surface area contributed by atoms with Gasteiger partial charge in [0.25, 0.3) is 0 Å². The number of fused-ring (bicyclic) bond motifs is 1. The number of nitrogens with zero attached hydrogens (tertiary/aromatic N) is 1. The summed E-state index contributed by atoms with van der Waals surface area (Å²) in [7, 11) is 0. The maximum absolute atomic E-state index is 13.3. The molecule has 0 unspecified atom stereocenters. The molecular weight excluding hydrogens is 454 g/mol. The van der Waals surface area contributed by atoms with E-state index in [0.717, 1.165) is 12.0 Å². The zero-order chi connectivity index (χ0) is 25.2. The number of ketones is 1. The van der Waals surface area contributed by atoms with Crippen molar-refractivity contribution in [1.29, 1.82) is 0 Å². The molecule has 5 rings (SSSR count). The summed E-state index contributed by atoms with van der Waals surface area (Å²) < 4.78 is 5.18. The van der Waals surface area contributed by atoms with Gasteiger partial charge in [0.1, 0.15) is 0 Å². The van der Waals surface area contributed by atoms with Crippen LogP contribution in [0.3, 0.4) is 0 Å². The van der Waals surface area contributed by atoms with Gasteiger partial charge in [0.05, 0.1) is 23.1 Å². The lowest BCUT2D eigenvalue weighted by atomic mass is 9.73. The summed E-state index contributed by atoms with van der Waals surface area (Å²) in [6.07, 6.45) is 2.23. The van der Waals surface area contributed by atoms with Crippen molar-refractivity contribution in [3.63, 3.8) is 0 Å². The first kappa shape index (κ1) is 23.7. The molecule has 1 aliphatic carbocycles. The molecule has 0 spiro atoms. The van der Waals surface area contributed by atoms with E-state index >= 15 is 0 Å². The first-order valence-electron chi connectivity index (χ1n) is 12.2. The van der Waals surface area contributed by atoms with Gasteiger partial charge >= 0.3 is 5.97 Å². The van der Waals surface area contributed by atoms with Crippen LogP contribution in [0.25, 0.3) is 0 Å². The van der Waals surface area contributed by atoms with Crippen LogP contribution >= 0.6 is 0 Å². The summed E-state index contributed by atoms with van der Waals surface area (Å²) in [4.78, 5) is 52.4. The SMILES string of the molecule is Cc1ccc(C(=O)COC(=O)c2ccc(N3C(=O)[C@H]4CC[C@H](c5ccccc5)C[C@@H]4C3=O)cc2)cc1. The van der Waals surface area contributed by atoms with E-state index in [9.17, 15) is 19.2 Å². The van der Waals surface area contributed by atoms with E-state index in [1.807, 2.05) is 37.3 Å². The number of rotatable bonds is 6. The van der Waals surface area contributed by atoms with Crippen LogP contribution in [0.4, 0.5) is 5.69 Å². The van der Waals surface area contributed by atoms with Crippen LogP contribution in [0.2, 0.25) is 0 Å². The molecule has 3 aromatic rings. The quantitative estimate of drug-likeness (QED) is 0.278. The van der Waals surface area contributed by atoms with Crippen molar-refractivity contribution < 1.29 is 23.9 Å². The van der Waals surface area contributed by atoms with E-state index in [2.05, 4.69) is 12.1 Å². The standard InChI is InChI=1S/C30H27NO5/c1-19-7-9-21(10-8-19)27(32)18-36-30(35)22-11-14-24(15-12-22)31-28(33)25-16-13-23(17-26(25)29(31)34)20-5-3-2-4-6-20/h2-12,14-15,23,25-26H,13,16-18H2,1H3/t23-,25-,26-/m0/s1. The molecule has 0 radical (unpaired) electrons. The Morgan fingerprint density at radius 1 is 0.806 bits per heavy atom. The molecule has 1 aliphatic heterocycles. The van der Waals surface area contributed by atoms with Crippen LogP contribution in [0.1, 0.15) is 57.0 Å². The number of imide groups is 1.